The molecule has 1 heterocycles. The third kappa shape index (κ3) is 4.47. The summed E-state index contributed by atoms with van der Waals surface area (Å²) in [5, 5.41) is 6.21. The molecule has 1 rings (SSSR count). The number of esters is 1. The summed E-state index contributed by atoms with van der Waals surface area (Å²) in [5.41, 5.74) is 0.0742. The Kier molecular flexibility index (Phi) is 6.46. The molecule has 0 fully saturated rings. The molecule has 0 aliphatic carbocycles. The minimum absolute atomic E-state index is 0.226. The lowest BCUT2D eigenvalue weighted by Crippen LogP contribution is -2.31. The van der Waals surface area contributed by atoms with Gasteiger partial charge in [-0.15, -0.1) is 11.3 Å². The maximum absolute atomic E-state index is 12.0. The van der Waals surface area contributed by atoms with Crippen molar-refractivity contribution in [2.45, 2.75) is 65.3 Å². The average molecular weight is 298 g/mol. The molecule has 1 aromatic rings. The van der Waals surface area contributed by atoms with Crippen LogP contribution in [0.3, 0.4) is 0 Å². The molecule has 4 nitrogen and oxygen atoms in total. The van der Waals surface area contributed by atoms with Crippen molar-refractivity contribution in [3.05, 3.63) is 11.1 Å². The second kappa shape index (κ2) is 7.62. The summed E-state index contributed by atoms with van der Waals surface area (Å²) in [6, 6.07) is 0.402. The monoisotopic (exact) mass is 298 g/mol. The number of anilines is 1. The average Bonchev–Trinajstić information content (AvgIpc) is 2.85. The molecule has 20 heavy (non-hydrogen) atoms. The van der Waals surface area contributed by atoms with E-state index < -0.39 is 5.41 Å². The number of ether oxygens (including phenoxy) is 1. The molecule has 0 radical (unpaired) electrons. The van der Waals surface area contributed by atoms with Crippen LogP contribution in [-0.2, 0) is 14.9 Å². The van der Waals surface area contributed by atoms with E-state index in [2.05, 4.69) is 24.1 Å². The van der Waals surface area contributed by atoms with E-state index in [0.29, 0.717) is 12.6 Å². The molecule has 0 aliphatic heterocycles. The van der Waals surface area contributed by atoms with E-state index in [9.17, 15) is 4.79 Å². The minimum atomic E-state index is -0.695. The van der Waals surface area contributed by atoms with Gasteiger partial charge in [-0.2, -0.15) is 0 Å². The third-order valence-corrected chi connectivity index (χ3v) is 4.06. The first-order chi connectivity index (χ1) is 9.41. The Hall–Kier alpha value is -1.10. The summed E-state index contributed by atoms with van der Waals surface area (Å²) in [7, 11) is 0. The summed E-state index contributed by atoms with van der Waals surface area (Å²) in [6.45, 7) is 10.3. The number of aromatic nitrogens is 1. The largest absolute Gasteiger partial charge is 0.465 e. The first kappa shape index (κ1) is 17.0. The molecule has 1 atom stereocenters. The number of thiazole rings is 1. The van der Waals surface area contributed by atoms with Gasteiger partial charge in [0, 0.05) is 11.4 Å². The maximum atomic E-state index is 12.0. The molecule has 0 saturated heterocycles. The van der Waals surface area contributed by atoms with E-state index in [-0.39, 0.29) is 5.97 Å². The SMILES string of the molecule is CCCCC(C)Nc1nc(C(C)(C)C(=O)OCC)cs1. The van der Waals surface area contributed by atoms with Crippen LogP contribution in [0.25, 0.3) is 0 Å². The van der Waals surface area contributed by atoms with Crippen molar-refractivity contribution in [1.82, 2.24) is 4.98 Å². The van der Waals surface area contributed by atoms with Crippen LogP contribution in [0.4, 0.5) is 5.13 Å². The zero-order chi connectivity index (χ0) is 15.2. The van der Waals surface area contributed by atoms with Crippen LogP contribution in [0.15, 0.2) is 5.38 Å². The predicted molar refractivity (Wildman–Crippen MR) is 84.4 cm³/mol. The van der Waals surface area contributed by atoms with Gasteiger partial charge in [0.15, 0.2) is 5.13 Å². The van der Waals surface area contributed by atoms with Crippen LogP contribution in [0.5, 0.6) is 0 Å². The molecule has 0 bridgehead atoms. The van der Waals surface area contributed by atoms with Crippen LogP contribution in [0.2, 0.25) is 0 Å². The predicted octanol–water partition coefficient (Wildman–Crippen LogP) is 3.97. The van der Waals surface area contributed by atoms with Crippen molar-refractivity contribution in [1.29, 1.82) is 0 Å². The van der Waals surface area contributed by atoms with E-state index in [0.717, 1.165) is 17.2 Å². The van der Waals surface area contributed by atoms with Gasteiger partial charge in [-0.05, 0) is 34.1 Å². The lowest BCUT2D eigenvalue weighted by molar-refractivity contribution is -0.148. The molecule has 1 aromatic heterocycles. The van der Waals surface area contributed by atoms with Crippen molar-refractivity contribution in [3.63, 3.8) is 0 Å². The van der Waals surface area contributed by atoms with Gasteiger partial charge in [0.2, 0.25) is 0 Å². The first-order valence-electron chi connectivity index (χ1n) is 7.31. The van der Waals surface area contributed by atoms with Gasteiger partial charge in [-0.25, -0.2) is 4.98 Å². The number of nitrogens with zero attached hydrogens (tertiary/aromatic N) is 1. The van der Waals surface area contributed by atoms with Crippen molar-refractivity contribution in [3.8, 4) is 0 Å². The molecular weight excluding hydrogens is 272 g/mol. The van der Waals surface area contributed by atoms with E-state index in [1.54, 1.807) is 11.3 Å². The van der Waals surface area contributed by atoms with Gasteiger partial charge in [0.25, 0.3) is 0 Å². The third-order valence-electron chi connectivity index (χ3n) is 3.29. The van der Waals surface area contributed by atoms with Gasteiger partial charge < -0.3 is 10.1 Å². The standard InChI is InChI=1S/C15H26N2O2S/c1-6-8-9-11(3)16-14-17-12(10-20-14)15(4,5)13(18)19-7-2/h10-11H,6-9H2,1-5H3,(H,16,17). The number of unbranched alkanes of at least 4 members (excludes halogenated alkanes) is 1. The molecule has 0 aromatic carbocycles. The normalized spacial score (nSPS) is 13.1. The highest BCUT2D eigenvalue weighted by molar-refractivity contribution is 7.13. The lowest BCUT2D eigenvalue weighted by atomic mass is 9.90. The Morgan fingerprint density at radius 3 is 2.80 bits per heavy atom. The Morgan fingerprint density at radius 2 is 2.20 bits per heavy atom. The van der Waals surface area contributed by atoms with Gasteiger partial charge in [-0.1, -0.05) is 19.8 Å². The first-order valence-corrected chi connectivity index (χ1v) is 8.19. The van der Waals surface area contributed by atoms with Crippen LogP contribution in [0.1, 0.15) is 59.6 Å². The number of hydrogen-bond acceptors (Lipinski definition) is 5. The van der Waals surface area contributed by atoms with Gasteiger partial charge in [0.1, 0.15) is 5.41 Å². The number of hydrogen-bond donors (Lipinski definition) is 1. The number of rotatable bonds is 8. The highest BCUT2D eigenvalue weighted by Gasteiger charge is 2.33. The number of nitrogens with one attached hydrogen (secondary N) is 1. The Labute approximate surface area is 125 Å². The van der Waals surface area contributed by atoms with Crippen LogP contribution in [0, 0.1) is 0 Å². The molecule has 5 heteroatoms. The topological polar surface area (TPSA) is 51.2 Å². The van der Waals surface area contributed by atoms with Crippen molar-refractivity contribution < 1.29 is 9.53 Å². The van der Waals surface area contributed by atoms with Crippen LogP contribution < -0.4 is 5.32 Å². The fourth-order valence-corrected chi connectivity index (χ4v) is 2.83. The summed E-state index contributed by atoms with van der Waals surface area (Å²) in [5.74, 6) is -0.226. The Balaban J connectivity index is 2.69. The van der Waals surface area contributed by atoms with Gasteiger partial charge >= 0.3 is 5.97 Å². The van der Waals surface area contributed by atoms with E-state index in [4.69, 9.17) is 4.74 Å². The number of carbonyl (C=O) groups is 1. The molecule has 0 saturated carbocycles. The van der Waals surface area contributed by atoms with Gasteiger partial charge in [-0.3, -0.25) is 4.79 Å². The van der Waals surface area contributed by atoms with Crippen LogP contribution in [-0.4, -0.2) is 23.6 Å². The smallest absolute Gasteiger partial charge is 0.317 e. The molecule has 1 N–H and O–H groups in total. The minimum Gasteiger partial charge on any atom is -0.465 e. The fraction of sp³-hybridized carbons (Fsp3) is 0.733. The molecule has 0 spiro atoms. The highest BCUT2D eigenvalue weighted by Crippen LogP contribution is 2.28. The molecule has 0 amide bonds. The van der Waals surface area contributed by atoms with Crippen LogP contribution >= 0.6 is 11.3 Å². The Morgan fingerprint density at radius 1 is 1.50 bits per heavy atom. The maximum Gasteiger partial charge on any atom is 0.317 e. The molecular formula is C15H26N2O2S. The second-order valence-corrected chi connectivity index (χ2v) is 6.43. The van der Waals surface area contributed by atoms with E-state index >= 15 is 0 Å². The lowest BCUT2D eigenvalue weighted by Gasteiger charge is -2.19. The molecule has 0 aliphatic rings. The quantitative estimate of drug-likeness (QED) is 0.738. The summed E-state index contributed by atoms with van der Waals surface area (Å²) in [6.07, 6.45) is 3.54. The summed E-state index contributed by atoms with van der Waals surface area (Å²) >= 11 is 1.54. The van der Waals surface area contributed by atoms with Crippen molar-refractivity contribution in [2.24, 2.45) is 0 Å². The van der Waals surface area contributed by atoms with Crippen molar-refractivity contribution >= 4 is 22.4 Å². The number of carbonyl (C=O) groups excluding carboxylic acids is 1. The van der Waals surface area contributed by atoms with Gasteiger partial charge in [0.05, 0.1) is 12.3 Å². The molecule has 114 valence electrons. The molecule has 1 unspecified atom stereocenters. The van der Waals surface area contributed by atoms with Crippen molar-refractivity contribution in [2.75, 3.05) is 11.9 Å². The fourth-order valence-electron chi connectivity index (χ4n) is 1.84. The van der Waals surface area contributed by atoms with E-state index in [1.165, 1.54) is 12.8 Å². The Bertz CT molecular complexity index is 429. The second-order valence-electron chi connectivity index (χ2n) is 5.57. The summed E-state index contributed by atoms with van der Waals surface area (Å²) < 4.78 is 5.11. The zero-order valence-corrected chi connectivity index (χ0v) is 14.0. The highest BCUT2D eigenvalue weighted by atomic mass is 32.1. The summed E-state index contributed by atoms with van der Waals surface area (Å²) in [4.78, 5) is 16.5. The zero-order valence-electron chi connectivity index (χ0n) is 13.2. The van der Waals surface area contributed by atoms with E-state index in [1.807, 2.05) is 26.2 Å².